The Labute approximate surface area is 103 Å². The lowest BCUT2D eigenvalue weighted by atomic mass is 10.3. The van der Waals surface area contributed by atoms with Crippen LogP contribution in [0.3, 0.4) is 0 Å². The van der Waals surface area contributed by atoms with Crippen LogP contribution in [0.4, 0.5) is 0 Å². The number of hydrogen-bond acceptors (Lipinski definition) is 4. The Morgan fingerprint density at radius 2 is 2.40 bits per heavy atom. The Hall–Kier alpha value is 0.0600. The molecule has 1 aromatic heterocycles. The Balaban J connectivity index is 2.32. The highest BCUT2D eigenvalue weighted by molar-refractivity contribution is 9.10. The lowest BCUT2D eigenvalue weighted by Crippen LogP contribution is -2.37. The van der Waals surface area contributed by atoms with Crippen molar-refractivity contribution >= 4 is 27.3 Å². The number of ether oxygens (including phenoxy) is 1. The maximum atomic E-state index is 5.87. The highest BCUT2D eigenvalue weighted by Crippen LogP contribution is 2.20. The second-order valence-electron chi connectivity index (χ2n) is 3.64. The summed E-state index contributed by atoms with van der Waals surface area (Å²) in [6.45, 7) is 2.40. The topological polar surface area (TPSA) is 38.5 Å². The Morgan fingerprint density at radius 1 is 1.67 bits per heavy atom. The molecular weight excluding hydrogens is 276 g/mol. The van der Waals surface area contributed by atoms with Gasteiger partial charge in [-0.25, -0.2) is 0 Å². The van der Waals surface area contributed by atoms with Crippen LogP contribution in [0.25, 0.3) is 0 Å². The van der Waals surface area contributed by atoms with Crippen molar-refractivity contribution in [2.75, 3.05) is 27.3 Å². The number of likely N-dealkylation sites (N-methyl/N-ethyl adjacent to an activating group) is 1. The zero-order valence-corrected chi connectivity index (χ0v) is 11.5. The SMILES string of the molecule is COCC(N)CN(C)Cc1cc(Br)cs1. The van der Waals surface area contributed by atoms with Crippen LogP contribution in [0.15, 0.2) is 15.9 Å². The molecule has 0 aromatic carbocycles. The molecule has 86 valence electrons. The molecule has 0 amide bonds. The Kier molecular flexibility index (Phi) is 5.78. The van der Waals surface area contributed by atoms with Gasteiger partial charge in [0.25, 0.3) is 0 Å². The van der Waals surface area contributed by atoms with Gasteiger partial charge in [0.05, 0.1) is 6.61 Å². The average molecular weight is 293 g/mol. The first-order valence-corrected chi connectivity index (χ1v) is 6.45. The number of hydrogen-bond donors (Lipinski definition) is 1. The zero-order chi connectivity index (χ0) is 11.3. The molecule has 0 bridgehead atoms. The molecule has 1 atom stereocenters. The molecule has 1 unspecified atom stereocenters. The van der Waals surface area contributed by atoms with Gasteiger partial charge in [-0.3, -0.25) is 4.90 Å². The molecule has 15 heavy (non-hydrogen) atoms. The summed E-state index contributed by atoms with van der Waals surface area (Å²) in [5.41, 5.74) is 5.87. The molecule has 0 saturated heterocycles. The van der Waals surface area contributed by atoms with Crippen LogP contribution in [0.2, 0.25) is 0 Å². The lowest BCUT2D eigenvalue weighted by Gasteiger charge is -2.19. The van der Waals surface area contributed by atoms with E-state index in [0.29, 0.717) is 6.61 Å². The van der Waals surface area contributed by atoms with Crippen molar-refractivity contribution in [3.8, 4) is 0 Å². The molecule has 0 radical (unpaired) electrons. The standard InChI is InChI=1S/C10H17BrN2OS/c1-13(4-9(12)6-14-2)5-10-3-8(11)7-15-10/h3,7,9H,4-6,12H2,1-2H3. The number of nitrogens with two attached hydrogens (primary N) is 1. The van der Waals surface area contributed by atoms with E-state index in [1.165, 1.54) is 4.88 Å². The maximum Gasteiger partial charge on any atom is 0.0626 e. The van der Waals surface area contributed by atoms with E-state index in [1.54, 1.807) is 18.4 Å². The number of methoxy groups -OCH3 is 1. The fourth-order valence-electron chi connectivity index (χ4n) is 1.43. The van der Waals surface area contributed by atoms with Crippen molar-refractivity contribution in [2.24, 2.45) is 5.73 Å². The van der Waals surface area contributed by atoms with Crippen molar-refractivity contribution in [3.63, 3.8) is 0 Å². The lowest BCUT2D eigenvalue weighted by molar-refractivity contribution is 0.160. The van der Waals surface area contributed by atoms with Gasteiger partial charge in [-0.05, 0) is 29.0 Å². The summed E-state index contributed by atoms with van der Waals surface area (Å²) in [6, 6.07) is 2.23. The summed E-state index contributed by atoms with van der Waals surface area (Å²) in [6.07, 6.45) is 0. The van der Waals surface area contributed by atoms with E-state index in [-0.39, 0.29) is 6.04 Å². The van der Waals surface area contributed by atoms with Crippen LogP contribution in [-0.2, 0) is 11.3 Å². The second kappa shape index (κ2) is 6.60. The third kappa shape index (κ3) is 5.08. The second-order valence-corrected chi connectivity index (χ2v) is 5.55. The third-order valence-electron chi connectivity index (χ3n) is 1.97. The number of halogens is 1. The Bertz CT molecular complexity index is 293. The van der Waals surface area contributed by atoms with Crippen molar-refractivity contribution < 1.29 is 4.74 Å². The normalized spacial score (nSPS) is 13.4. The van der Waals surface area contributed by atoms with Gasteiger partial charge in [0.15, 0.2) is 0 Å². The molecule has 0 spiro atoms. The van der Waals surface area contributed by atoms with E-state index >= 15 is 0 Å². The minimum atomic E-state index is 0.0865. The Morgan fingerprint density at radius 3 is 2.93 bits per heavy atom. The smallest absolute Gasteiger partial charge is 0.0626 e. The number of rotatable bonds is 6. The summed E-state index contributed by atoms with van der Waals surface area (Å²) >= 11 is 5.20. The van der Waals surface area contributed by atoms with Gasteiger partial charge in [-0.1, -0.05) is 0 Å². The van der Waals surface area contributed by atoms with E-state index in [1.807, 2.05) is 0 Å². The summed E-state index contributed by atoms with van der Waals surface area (Å²) in [4.78, 5) is 3.55. The molecule has 0 aliphatic carbocycles. The summed E-state index contributed by atoms with van der Waals surface area (Å²) in [5.74, 6) is 0. The summed E-state index contributed by atoms with van der Waals surface area (Å²) in [5, 5.41) is 2.10. The molecule has 0 saturated carbocycles. The van der Waals surface area contributed by atoms with Gasteiger partial charge in [0, 0.05) is 41.0 Å². The highest BCUT2D eigenvalue weighted by atomic mass is 79.9. The molecule has 0 aliphatic heterocycles. The monoisotopic (exact) mass is 292 g/mol. The highest BCUT2D eigenvalue weighted by Gasteiger charge is 2.07. The molecule has 5 heteroatoms. The van der Waals surface area contributed by atoms with Gasteiger partial charge in [-0.15, -0.1) is 11.3 Å². The van der Waals surface area contributed by atoms with E-state index in [9.17, 15) is 0 Å². The van der Waals surface area contributed by atoms with Crippen LogP contribution in [-0.4, -0.2) is 38.3 Å². The third-order valence-corrected chi connectivity index (χ3v) is 3.66. The van der Waals surface area contributed by atoms with Crippen LogP contribution >= 0.6 is 27.3 Å². The molecule has 1 rings (SSSR count). The first-order valence-electron chi connectivity index (χ1n) is 4.77. The number of nitrogens with zero attached hydrogens (tertiary/aromatic N) is 1. The zero-order valence-electron chi connectivity index (χ0n) is 9.07. The van der Waals surface area contributed by atoms with Gasteiger partial charge in [0.2, 0.25) is 0 Å². The van der Waals surface area contributed by atoms with E-state index in [0.717, 1.165) is 17.6 Å². The fraction of sp³-hybridized carbons (Fsp3) is 0.600. The molecule has 2 N–H and O–H groups in total. The van der Waals surface area contributed by atoms with Crippen LogP contribution in [0.5, 0.6) is 0 Å². The van der Waals surface area contributed by atoms with E-state index < -0.39 is 0 Å². The first-order chi connectivity index (χ1) is 7.11. The van der Waals surface area contributed by atoms with Crippen LogP contribution in [0.1, 0.15) is 4.88 Å². The average Bonchev–Trinajstić information content (AvgIpc) is 2.51. The molecule has 3 nitrogen and oxygen atoms in total. The predicted octanol–water partition coefficient (Wildman–Crippen LogP) is 1.92. The van der Waals surface area contributed by atoms with E-state index in [4.69, 9.17) is 10.5 Å². The first kappa shape index (κ1) is 13.1. The van der Waals surface area contributed by atoms with Crippen LogP contribution < -0.4 is 5.73 Å². The summed E-state index contributed by atoms with van der Waals surface area (Å²) in [7, 11) is 3.75. The summed E-state index contributed by atoms with van der Waals surface area (Å²) < 4.78 is 6.15. The van der Waals surface area contributed by atoms with Crippen LogP contribution in [0, 0.1) is 0 Å². The van der Waals surface area contributed by atoms with Gasteiger partial charge < -0.3 is 10.5 Å². The fourth-order valence-corrected chi connectivity index (χ4v) is 2.96. The predicted molar refractivity (Wildman–Crippen MR) is 68.2 cm³/mol. The number of thiophene rings is 1. The van der Waals surface area contributed by atoms with Crippen molar-refractivity contribution in [3.05, 3.63) is 20.8 Å². The molecule has 1 heterocycles. The van der Waals surface area contributed by atoms with E-state index in [2.05, 4.69) is 39.3 Å². The van der Waals surface area contributed by atoms with Gasteiger partial charge >= 0.3 is 0 Å². The molecular formula is C10H17BrN2OS. The molecule has 0 fully saturated rings. The molecule has 1 aromatic rings. The minimum Gasteiger partial charge on any atom is -0.383 e. The van der Waals surface area contributed by atoms with Gasteiger partial charge in [-0.2, -0.15) is 0 Å². The van der Waals surface area contributed by atoms with Crippen molar-refractivity contribution in [1.29, 1.82) is 0 Å². The quantitative estimate of drug-likeness (QED) is 0.871. The minimum absolute atomic E-state index is 0.0865. The van der Waals surface area contributed by atoms with Crippen molar-refractivity contribution in [1.82, 2.24) is 4.90 Å². The maximum absolute atomic E-state index is 5.87. The largest absolute Gasteiger partial charge is 0.383 e. The van der Waals surface area contributed by atoms with Crippen molar-refractivity contribution in [2.45, 2.75) is 12.6 Å². The molecule has 0 aliphatic rings. The van der Waals surface area contributed by atoms with Gasteiger partial charge in [0.1, 0.15) is 0 Å².